The molecule has 0 saturated heterocycles. The van der Waals surface area contributed by atoms with Crippen LogP contribution in [-0.4, -0.2) is 39.2 Å². The highest BCUT2D eigenvalue weighted by atomic mass is 16.4. The zero-order valence-corrected chi connectivity index (χ0v) is 13.4. The average molecular weight is 322 g/mol. The second-order valence-electron chi connectivity index (χ2n) is 4.62. The molecule has 0 amide bonds. The van der Waals surface area contributed by atoms with E-state index in [0.29, 0.717) is 19.4 Å². The van der Waals surface area contributed by atoms with Crippen molar-refractivity contribution in [3.05, 3.63) is 30.9 Å². The number of carbonyl (C=O) groups is 1. The number of carboxylic acid groups (broad SMARTS) is 1. The quantitative estimate of drug-likeness (QED) is 0.275. The Hall–Kier alpha value is -2.61. The predicted molar refractivity (Wildman–Crippen MR) is 92.7 cm³/mol. The highest BCUT2D eigenvalue weighted by Gasteiger charge is 2.09. The van der Waals surface area contributed by atoms with E-state index in [1.165, 1.54) is 0 Å². The number of guanidine groups is 1. The molecule has 1 rings (SSSR count). The molecule has 0 radical (unpaired) electrons. The molecule has 0 bridgehead atoms. The molecule has 1 atom stereocenters. The van der Waals surface area contributed by atoms with E-state index in [1.54, 1.807) is 12.3 Å². The Kier molecular flexibility index (Phi) is 10.6. The number of hydrogen-bond donors (Lipinski definition) is 5. The number of carboxylic acids is 1. The van der Waals surface area contributed by atoms with Gasteiger partial charge in [-0.05, 0) is 25.3 Å². The summed E-state index contributed by atoms with van der Waals surface area (Å²) in [5.41, 5.74) is 10.2. The van der Waals surface area contributed by atoms with Crippen LogP contribution in [-0.2, 0) is 4.79 Å². The van der Waals surface area contributed by atoms with E-state index in [1.807, 2.05) is 17.0 Å². The van der Waals surface area contributed by atoms with Gasteiger partial charge in [0.25, 0.3) is 0 Å². The molecule has 128 valence electrons. The van der Waals surface area contributed by atoms with Gasteiger partial charge in [-0.3, -0.25) is 10.2 Å². The Morgan fingerprint density at radius 2 is 2.35 bits per heavy atom. The van der Waals surface area contributed by atoms with Crippen LogP contribution in [0.25, 0.3) is 12.3 Å². The second kappa shape index (κ2) is 12.0. The summed E-state index contributed by atoms with van der Waals surface area (Å²) in [6.45, 7) is 6.24. The molecule has 8 heteroatoms. The molecule has 0 fully saturated rings. The maximum absolute atomic E-state index is 10.2. The molecule has 0 aliphatic rings. The molecule has 7 N–H and O–H groups in total. The molecule has 0 aliphatic heterocycles. The van der Waals surface area contributed by atoms with Gasteiger partial charge in [-0.25, -0.2) is 4.98 Å². The van der Waals surface area contributed by atoms with Crippen molar-refractivity contribution in [2.24, 2.45) is 11.5 Å². The first-order chi connectivity index (χ1) is 10.9. The summed E-state index contributed by atoms with van der Waals surface area (Å²) < 4.78 is 1.94. The lowest BCUT2D eigenvalue weighted by atomic mass is 10.2. The lowest BCUT2D eigenvalue weighted by Crippen LogP contribution is -2.34. The van der Waals surface area contributed by atoms with Crippen LogP contribution in [0.15, 0.2) is 25.0 Å². The number of rotatable bonds is 8. The van der Waals surface area contributed by atoms with Crippen LogP contribution in [0.3, 0.4) is 0 Å². The zero-order valence-electron chi connectivity index (χ0n) is 13.4. The van der Waals surface area contributed by atoms with Crippen LogP contribution in [0.1, 0.15) is 32.0 Å². The predicted octanol–water partition coefficient (Wildman–Crippen LogP) is 1.07. The molecule has 8 nitrogen and oxygen atoms in total. The number of imidazole rings is 1. The van der Waals surface area contributed by atoms with Crippen molar-refractivity contribution in [2.45, 2.75) is 32.2 Å². The zero-order chi connectivity index (χ0) is 17.7. The SMILES string of the molecule is C=Cc1nccn1C=CCC.N=C(N)NCCCC(N)C(=O)O. The van der Waals surface area contributed by atoms with Crippen molar-refractivity contribution in [3.63, 3.8) is 0 Å². The Labute approximate surface area is 136 Å². The van der Waals surface area contributed by atoms with Gasteiger partial charge < -0.3 is 26.5 Å². The number of aliphatic carboxylic acids is 1. The van der Waals surface area contributed by atoms with Crippen molar-refractivity contribution < 1.29 is 9.90 Å². The Morgan fingerprint density at radius 1 is 1.65 bits per heavy atom. The van der Waals surface area contributed by atoms with Crippen LogP contribution in [0.5, 0.6) is 0 Å². The topological polar surface area (TPSA) is 143 Å². The van der Waals surface area contributed by atoms with E-state index < -0.39 is 12.0 Å². The standard InChI is InChI=1S/C9H12N2.C6H14N4O2/c1-3-5-7-11-8-6-10-9(11)4-2;7-4(5(11)12)2-1-3-10-6(8)9/h4-8H,2-3H2,1H3;4H,1-3,7H2,(H,11,12)(H4,8,9,10). The van der Waals surface area contributed by atoms with Gasteiger partial charge in [-0.15, -0.1) is 0 Å². The summed E-state index contributed by atoms with van der Waals surface area (Å²) in [5, 5.41) is 17.7. The van der Waals surface area contributed by atoms with Gasteiger partial charge >= 0.3 is 5.97 Å². The maximum atomic E-state index is 10.2. The molecular formula is C15H26N6O2. The van der Waals surface area contributed by atoms with Gasteiger partial charge in [-0.2, -0.15) is 0 Å². The summed E-state index contributed by atoms with van der Waals surface area (Å²) in [4.78, 5) is 14.3. The molecule has 1 aromatic heterocycles. The summed E-state index contributed by atoms with van der Waals surface area (Å²) in [6.07, 6.45) is 11.5. The van der Waals surface area contributed by atoms with Crippen molar-refractivity contribution in [2.75, 3.05) is 6.54 Å². The first kappa shape index (κ1) is 20.4. The highest BCUT2D eigenvalue weighted by Crippen LogP contribution is 1.99. The molecule has 1 aromatic rings. The molecule has 1 unspecified atom stereocenters. The number of nitrogens with two attached hydrogens (primary N) is 2. The number of nitrogens with one attached hydrogen (secondary N) is 2. The molecule has 23 heavy (non-hydrogen) atoms. The minimum absolute atomic E-state index is 0.112. The first-order valence-electron chi connectivity index (χ1n) is 7.30. The van der Waals surface area contributed by atoms with Gasteiger partial charge in [0.15, 0.2) is 5.96 Å². The number of hydrogen-bond acceptors (Lipinski definition) is 4. The van der Waals surface area contributed by atoms with E-state index in [0.717, 1.165) is 12.2 Å². The van der Waals surface area contributed by atoms with Gasteiger partial charge in [0.2, 0.25) is 0 Å². The lowest BCUT2D eigenvalue weighted by molar-refractivity contribution is -0.138. The second-order valence-corrected chi connectivity index (χ2v) is 4.62. The van der Waals surface area contributed by atoms with Crippen LogP contribution in [0.2, 0.25) is 0 Å². The van der Waals surface area contributed by atoms with E-state index in [4.69, 9.17) is 22.0 Å². The minimum Gasteiger partial charge on any atom is -0.480 e. The molecular weight excluding hydrogens is 296 g/mol. The Bertz CT molecular complexity index is 524. The Morgan fingerprint density at radius 3 is 2.87 bits per heavy atom. The third-order valence-electron chi connectivity index (χ3n) is 2.71. The van der Waals surface area contributed by atoms with Gasteiger partial charge in [0.1, 0.15) is 11.9 Å². The molecule has 0 spiro atoms. The van der Waals surface area contributed by atoms with Crippen LogP contribution >= 0.6 is 0 Å². The van der Waals surface area contributed by atoms with Gasteiger partial charge in [0.05, 0.1) is 0 Å². The fraction of sp³-hybridized carbons (Fsp3) is 0.400. The van der Waals surface area contributed by atoms with Crippen molar-refractivity contribution >= 4 is 24.2 Å². The maximum Gasteiger partial charge on any atom is 0.320 e. The summed E-state index contributed by atoms with van der Waals surface area (Å²) in [6, 6.07) is -0.821. The van der Waals surface area contributed by atoms with Crippen molar-refractivity contribution in [1.29, 1.82) is 5.41 Å². The fourth-order valence-corrected chi connectivity index (χ4v) is 1.50. The van der Waals surface area contributed by atoms with E-state index in [2.05, 4.69) is 29.9 Å². The molecule has 0 aliphatic carbocycles. The van der Waals surface area contributed by atoms with Crippen LogP contribution in [0, 0.1) is 5.41 Å². The average Bonchev–Trinajstić information content (AvgIpc) is 2.97. The molecule has 1 heterocycles. The van der Waals surface area contributed by atoms with Gasteiger partial charge in [-0.1, -0.05) is 19.6 Å². The molecule has 0 aromatic carbocycles. The normalized spacial score (nSPS) is 11.4. The lowest BCUT2D eigenvalue weighted by Gasteiger charge is -2.06. The highest BCUT2D eigenvalue weighted by molar-refractivity contribution is 5.74. The number of aromatic nitrogens is 2. The van der Waals surface area contributed by atoms with E-state index >= 15 is 0 Å². The first-order valence-corrected chi connectivity index (χ1v) is 7.30. The monoisotopic (exact) mass is 322 g/mol. The van der Waals surface area contributed by atoms with E-state index in [9.17, 15) is 4.79 Å². The number of nitrogens with zero attached hydrogens (tertiary/aromatic N) is 2. The Balaban J connectivity index is 0.000000422. The smallest absolute Gasteiger partial charge is 0.320 e. The minimum atomic E-state index is -1.00. The number of allylic oxidation sites excluding steroid dienone is 1. The van der Waals surface area contributed by atoms with Crippen LogP contribution < -0.4 is 16.8 Å². The van der Waals surface area contributed by atoms with Crippen LogP contribution in [0.4, 0.5) is 0 Å². The molecule has 0 saturated carbocycles. The van der Waals surface area contributed by atoms with Crippen molar-refractivity contribution in [3.8, 4) is 0 Å². The summed E-state index contributed by atoms with van der Waals surface area (Å²) in [5.74, 6) is -0.230. The third kappa shape index (κ3) is 9.86. The van der Waals surface area contributed by atoms with E-state index in [-0.39, 0.29) is 5.96 Å². The van der Waals surface area contributed by atoms with Gasteiger partial charge in [0, 0.05) is 25.1 Å². The van der Waals surface area contributed by atoms with Crippen molar-refractivity contribution in [1.82, 2.24) is 14.9 Å². The third-order valence-corrected chi connectivity index (χ3v) is 2.71. The summed E-state index contributed by atoms with van der Waals surface area (Å²) >= 11 is 0. The fourth-order valence-electron chi connectivity index (χ4n) is 1.50. The summed E-state index contributed by atoms with van der Waals surface area (Å²) in [7, 11) is 0. The largest absolute Gasteiger partial charge is 0.480 e.